The highest BCUT2D eigenvalue weighted by molar-refractivity contribution is 5.79. The molecule has 10 heterocycles. The van der Waals surface area contributed by atoms with Gasteiger partial charge in [0.05, 0.1) is 67.6 Å². The maximum atomic E-state index is 14.1. The van der Waals surface area contributed by atoms with Gasteiger partial charge in [0.2, 0.25) is 0 Å². The van der Waals surface area contributed by atoms with Crippen LogP contribution in [0.2, 0.25) is 0 Å². The topological polar surface area (TPSA) is 141 Å². The van der Waals surface area contributed by atoms with Crippen LogP contribution in [0.4, 0.5) is 0 Å². The molecule has 53 heavy (non-hydrogen) atoms. The Morgan fingerprint density at radius 3 is 2.42 bits per heavy atom. The molecule has 0 aliphatic carbocycles. The zero-order valence-electron chi connectivity index (χ0n) is 31.6. The van der Waals surface area contributed by atoms with Crippen LogP contribution in [-0.4, -0.2) is 133 Å². The molecule has 12 heteroatoms. The van der Waals surface area contributed by atoms with Crippen LogP contribution >= 0.6 is 0 Å². The number of carbonyl (C=O) groups excluding carboxylic acids is 1. The molecule has 6 unspecified atom stereocenters. The second kappa shape index (κ2) is 14.3. The van der Waals surface area contributed by atoms with E-state index in [1.165, 1.54) is 0 Å². The summed E-state index contributed by atoms with van der Waals surface area (Å²) in [4.78, 5) is 14.1. The lowest BCUT2D eigenvalue weighted by molar-refractivity contribution is -0.294. The molecular weight excluding hydrogens is 684 g/mol. The number of fused-ring (bicyclic) bond motifs is 6. The van der Waals surface area contributed by atoms with E-state index in [1.807, 2.05) is 0 Å². The first kappa shape index (κ1) is 37.3. The van der Waals surface area contributed by atoms with Gasteiger partial charge in [0.25, 0.3) is 0 Å². The summed E-state index contributed by atoms with van der Waals surface area (Å²) >= 11 is 0. The van der Waals surface area contributed by atoms with Crippen molar-refractivity contribution in [3.05, 3.63) is 24.3 Å². The second-order valence-corrected chi connectivity index (χ2v) is 18.1. The first-order valence-electron chi connectivity index (χ1n) is 20.4. The van der Waals surface area contributed by atoms with Gasteiger partial charge >= 0.3 is 0 Å². The minimum atomic E-state index is -0.953. The lowest BCUT2D eigenvalue weighted by atomic mass is 9.81. The van der Waals surface area contributed by atoms with Crippen LogP contribution in [-0.2, 0) is 47.4 Å². The lowest BCUT2D eigenvalue weighted by Gasteiger charge is -2.47. The van der Waals surface area contributed by atoms with Crippen molar-refractivity contribution in [3.8, 4) is 0 Å². The number of hydrogen-bond acceptors (Lipinski definition) is 12. The van der Waals surface area contributed by atoms with Crippen molar-refractivity contribution in [2.45, 2.75) is 200 Å². The van der Waals surface area contributed by atoms with E-state index >= 15 is 0 Å². The summed E-state index contributed by atoms with van der Waals surface area (Å²) in [6.45, 7) is 12.9. The van der Waals surface area contributed by atoms with Crippen LogP contribution in [0.25, 0.3) is 0 Å². The van der Waals surface area contributed by atoms with E-state index in [9.17, 15) is 15.0 Å². The molecule has 10 fully saturated rings. The summed E-state index contributed by atoms with van der Waals surface area (Å²) < 4.78 is 60.3. The molecule has 12 bridgehead atoms. The van der Waals surface area contributed by atoms with Gasteiger partial charge in [-0.1, -0.05) is 20.1 Å². The number of aliphatic hydroxyl groups is 2. The maximum Gasteiger partial charge on any atom is 0.172 e. The average Bonchev–Trinajstić information content (AvgIpc) is 3.76. The van der Waals surface area contributed by atoms with Crippen molar-refractivity contribution >= 4 is 5.78 Å². The summed E-state index contributed by atoms with van der Waals surface area (Å²) in [5.74, 6) is -0.756. The van der Waals surface area contributed by atoms with Gasteiger partial charge in [-0.3, -0.25) is 4.79 Å². The number of methoxy groups -OCH3 is 1. The van der Waals surface area contributed by atoms with Gasteiger partial charge in [-0.05, 0) is 68.9 Å². The quantitative estimate of drug-likeness (QED) is 0.404. The monoisotopic (exact) mass is 744 g/mol. The summed E-state index contributed by atoms with van der Waals surface area (Å²) in [6.07, 6.45) is 3.77. The number of carbonyl (C=O) groups is 1. The van der Waals surface area contributed by atoms with E-state index in [4.69, 9.17) is 42.6 Å². The molecule has 12 nitrogen and oxygen atoms in total. The first-order chi connectivity index (χ1) is 25.4. The molecule has 0 amide bonds. The van der Waals surface area contributed by atoms with Crippen LogP contribution in [0, 0.1) is 11.8 Å². The van der Waals surface area contributed by atoms with Crippen LogP contribution in [0.3, 0.4) is 0 Å². The highest BCUT2D eigenvalue weighted by atomic mass is 16.8. The predicted octanol–water partition coefficient (Wildman–Crippen LogP) is 3.86. The fourth-order valence-electron chi connectivity index (χ4n) is 11.7. The third kappa shape index (κ3) is 6.73. The third-order valence-electron chi connectivity index (χ3n) is 14.3. The highest BCUT2D eigenvalue weighted by Gasteiger charge is 2.73. The van der Waals surface area contributed by atoms with Crippen molar-refractivity contribution in [1.29, 1.82) is 0 Å². The Labute approximate surface area is 313 Å². The van der Waals surface area contributed by atoms with Crippen LogP contribution in [0.15, 0.2) is 24.3 Å². The average molecular weight is 745 g/mol. The maximum absolute atomic E-state index is 14.1. The molecule has 0 aromatic carbocycles. The molecule has 0 aromatic heterocycles. The zero-order chi connectivity index (χ0) is 36.8. The highest BCUT2D eigenvalue weighted by Crippen LogP contribution is 2.58. The van der Waals surface area contributed by atoms with E-state index in [0.717, 1.165) is 49.7 Å². The first-order valence-corrected chi connectivity index (χ1v) is 20.4. The Kier molecular flexibility index (Phi) is 10.0. The van der Waals surface area contributed by atoms with Gasteiger partial charge in [-0.2, -0.15) is 0 Å². The Hall–Kier alpha value is -1.29. The van der Waals surface area contributed by atoms with Crippen molar-refractivity contribution in [1.82, 2.24) is 0 Å². The standard InChI is InChI=1S/C41H60O12/c1-20-12-25-6-8-29-21(2)13-27(46-29)10-11-41-19-40(4)39(53-41)38-37(51-40)36(52-41)35-30(50-38)9-7-26(48-35)14-23(43)15-28-32(17-31(47-25)22(20)3)49-33(34(28)45-5)16-24(44)18-42/h20,24-39,42,44H,2-3,6-19H2,1,4-5H3/t20-,24+,25+,26-,27+,28?,29?,30?,31?,32+,33-,34-,35?,36+,37+,38-,39?,40+,41-/m1/s1. The number of ketones is 1. The smallest absolute Gasteiger partial charge is 0.172 e. The number of Topliss-reactive ketones (excluding diaryl/α,β-unsaturated/α-hetero) is 1. The van der Waals surface area contributed by atoms with Gasteiger partial charge in [0, 0.05) is 51.6 Å². The summed E-state index contributed by atoms with van der Waals surface area (Å²) in [5.41, 5.74) is 1.66. The van der Waals surface area contributed by atoms with Crippen molar-refractivity contribution in [2.24, 2.45) is 11.8 Å². The van der Waals surface area contributed by atoms with Gasteiger partial charge in [0.1, 0.15) is 41.9 Å². The van der Waals surface area contributed by atoms with Gasteiger partial charge in [0.15, 0.2) is 5.79 Å². The number of aliphatic hydroxyl groups excluding tert-OH is 2. The van der Waals surface area contributed by atoms with Crippen LogP contribution in [0.5, 0.6) is 0 Å². The van der Waals surface area contributed by atoms with E-state index in [1.54, 1.807) is 7.11 Å². The Morgan fingerprint density at radius 2 is 1.60 bits per heavy atom. The fourth-order valence-corrected chi connectivity index (χ4v) is 11.7. The van der Waals surface area contributed by atoms with E-state index in [2.05, 4.69) is 27.0 Å². The number of ether oxygens (including phenoxy) is 9. The molecular formula is C41H60O12. The summed E-state index contributed by atoms with van der Waals surface area (Å²) in [7, 11) is 1.63. The molecule has 0 aromatic rings. The third-order valence-corrected chi connectivity index (χ3v) is 14.3. The SMILES string of the molecule is C=C1C[C@@H]2CC[C@@]34C[C@]5(C)O[C@H]6[C@@H](O3)C3O[C@H](CCC3O[C@H]6C5O4)CC(=O)CC3[C@H](CC4O[C@@H](CCC1O2)C[C@@H](C)C4=C)O[C@H](C[C@H](O)CO)[C@@H]3OC. The van der Waals surface area contributed by atoms with Gasteiger partial charge < -0.3 is 52.8 Å². The molecule has 19 atom stereocenters. The second-order valence-electron chi connectivity index (χ2n) is 18.1. The van der Waals surface area contributed by atoms with Gasteiger partial charge in [-0.25, -0.2) is 0 Å². The van der Waals surface area contributed by atoms with Crippen molar-refractivity contribution in [3.63, 3.8) is 0 Å². The zero-order valence-corrected chi connectivity index (χ0v) is 31.6. The van der Waals surface area contributed by atoms with Gasteiger partial charge in [-0.15, -0.1) is 0 Å². The summed E-state index contributed by atoms with van der Waals surface area (Å²) in [5, 5.41) is 20.1. The normalized spacial score (nSPS) is 53.0. The number of hydrogen-bond donors (Lipinski definition) is 2. The Bertz CT molecular complexity index is 1420. The Morgan fingerprint density at radius 1 is 0.830 bits per heavy atom. The molecule has 10 rings (SSSR count). The molecule has 10 saturated heterocycles. The van der Waals surface area contributed by atoms with Crippen molar-refractivity contribution < 1.29 is 57.6 Å². The molecule has 10 aliphatic heterocycles. The minimum Gasteiger partial charge on any atom is -0.394 e. The molecule has 10 aliphatic rings. The van der Waals surface area contributed by atoms with Crippen molar-refractivity contribution in [2.75, 3.05) is 13.7 Å². The number of rotatable bonds is 4. The minimum absolute atomic E-state index is 0.0247. The van der Waals surface area contributed by atoms with E-state index in [0.29, 0.717) is 25.7 Å². The predicted molar refractivity (Wildman–Crippen MR) is 189 cm³/mol. The largest absolute Gasteiger partial charge is 0.394 e. The fraction of sp³-hybridized carbons (Fsp3) is 0.878. The molecule has 1 spiro atoms. The van der Waals surface area contributed by atoms with Crippen LogP contribution in [0.1, 0.15) is 97.3 Å². The lowest BCUT2D eigenvalue weighted by Crippen LogP contribution is -2.61. The van der Waals surface area contributed by atoms with Crippen LogP contribution < -0.4 is 0 Å². The van der Waals surface area contributed by atoms with E-state index in [-0.39, 0.29) is 117 Å². The molecule has 0 saturated carbocycles. The van der Waals surface area contributed by atoms with E-state index < -0.39 is 29.7 Å². The summed E-state index contributed by atoms with van der Waals surface area (Å²) in [6, 6.07) is 0. The Balaban J connectivity index is 1.00. The molecule has 296 valence electrons. The molecule has 2 N–H and O–H groups in total. The molecule has 0 radical (unpaired) electrons.